The molecule has 1 aromatic heterocycles. The van der Waals surface area contributed by atoms with E-state index in [-0.39, 0.29) is 12.3 Å². The molecule has 4 N–H and O–H groups in total. The van der Waals surface area contributed by atoms with Crippen LogP contribution in [0.5, 0.6) is 0 Å². The van der Waals surface area contributed by atoms with Crippen molar-refractivity contribution in [2.24, 2.45) is 0 Å². The van der Waals surface area contributed by atoms with E-state index < -0.39 is 18.8 Å². The highest BCUT2D eigenvalue weighted by molar-refractivity contribution is 5.15. The molecule has 5 heteroatoms. The van der Waals surface area contributed by atoms with Gasteiger partial charge >= 0.3 is 0 Å². The van der Waals surface area contributed by atoms with E-state index in [0.717, 1.165) is 0 Å². The summed E-state index contributed by atoms with van der Waals surface area (Å²) in [4.78, 5) is 3.84. The largest absolute Gasteiger partial charge is 0.394 e. The summed E-state index contributed by atoms with van der Waals surface area (Å²) in [5.74, 6) is 0. The Morgan fingerprint density at radius 2 is 1.93 bits per heavy atom. The van der Waals surface area contributed by atoms with Crippen LogP contribution < -0.4 is 0 Å². The maximum atomic E-state index is 9.42. The summed E-state index contributed by atoms with van der Waals surface area (Å²) < 4.78 is 0. The molecule has 14 heavy (non-hydrogen) atoms. The molecule has 0 spiro atoms. The van der Waals surface area contributed by atoms with Gasteiger partial charge in [0.05, 0.1) is 18.9 Å². The number of hydrogen-bond acceptors (Lipinski definition) is 5. The van der Waals surface area contributed by atoms with Gasteiger partial charge in [0, 0.05) is 6.20 Å². The maximum Gasteiger partial charge on any atom is 0.124 e. The summed E-state index contributed by atoms with van der Waals surface area (Å²) in [5, 5.41) is 35.9. The Labute approximate surface area is 81.3 Å². The number of nitrogens with zero attached hydrogens (tertiary/aromatic N) is 1. The zero-order valence-corrected chi connectivity index (χ0v) is 7.54. The summed E-state index contributed by atoms with van der Waals surface area (Å²) in [7, 11) is 0. The smallest absolute Gasteiger partial charge is 0.124 e. The molecule has 0 saturated heterocycles. The van der Waals surface area contributed by atoms with Crippen molar-refractivity contribution >= 4 is 0 Å². The van der Waals surface area contributed by atoms with Crippen molar-refractivity contribution < 1.29 is 20.4 Å². The standard InChI is InChI=1S/C9H13NO4/c11-4-6-1-2-7(10-3-6)9(14)8(13)5-12/h1-3,8-9,11-14H,4-5H2. The monoisotopic (exact) mass is 199 g/mol. The summed E-state index contributed by atoms with van der Waals surface area (Å²) in [6, 6.07) is 3.09. The maximum absolute atomic E-state index is 9.42. The van der Waals surface area contributed by atoms with E-state index in [1.54, 1.807) is 6.07 Å². The van der Waals surface area contributed by atoms with Crippen molar-refractivity contribution in [1.29, 1.82) is 0 Å². The van der Waals surface area contributed by atoms with Crippen LogP contribution in [-0.2, 0) is 6.61 Å². The van der Waals surface area contributed by atoms with Crippen molar-refractivity contribution in [3.63, 3.8) is 0 Å². The van der Waals surface area contributed by atoms with Gasteiger partial charge < -0.3 is 20.4 Å². The number of aliphatic hydroxyl groups excluding tert-OH is 4. The van der Waals surface area contributed by atoms with Crippen molar-refractivity contribution in [2.45, 2.75) is 18.8 Å². The van der Waals surface area contributed by atoms with Crippen LogP contribution in [0.15, 0.2) is 18.3 Å². The fourth-order valence-electron chi connectivity index (χ4n) is 1.00. The van der Waals surface area contributed by atoms with Crippen LogP contribution in [0.2, 0.25) is 0 Å². The molecule has 0 radical (unpaired) electrons. The quantitative estimate of drug-likeness (QED) is 0.497. The first kappa shape index (κ1) is 11.1. The second-order valence-electron chi connectivity index (χ2n) is 2.94. The molecule has 0 aliphatic carbocycles. The van der Waals surface area contributed by atoms with Crippen LogP contribution in [0.3, 0.4) is 0 Å². The van der Waals surface area contributed by atoms with Crippen LogP contribution in [0.1, 0.15) is 17.4 Å². The highest BCUT2D eigenvalue weighted by Crippen LogP contribution is 2.14. The molecule has 1 aromatic rings. The third kappa shape index (κ3) is 2.49. The molecule has 0 saturated carbocycles. The van der Waals surface area contributed by atoms with Crippen LogP contribution in [0.25, 0.3) is 0 Å². The normalized spacial score (nSPS) is 15.1. The van der Waals surface area contributed by atoms with E-state index >= 15 is 0 Å². The van der Waals surface area contributed by atoms with Gasteiger partial charge in [-0.2, -0.15) is 0 Å². The van der Waals surface area contributed by atoms with Crippen LogP contribution in [-0.4, -0.2) is 38.1 Å². The van der Waals surface area contributed by atoms with Gasteiger partial charge in [0.15, 0.2) is 0 Å². The van der Waals surface area contributed by atoms with Crippen molar-refractivity contribution in [3.8, 4) is 0 Å². The zero-order valence-electron chi connectivity index (χ0n) is 7.54. The molecular weight excluding hydrogens is 186 g/mol. The molecule has 78 valence electrons. The lowest BCUT2D eigenvalue weighted by Gasteiger charge is -2.14. The van der Waals surface area contributed by atoms with Crippen LogP contribution >= 0.6 is 0 Å². The average Bonchev–Trinajstić information content (AvgIpc) is 2.27. The minimum absolute atomic E-state index is 0.119. The topological polar surface area (TPSA) is 93.8 Å². The molecular formula is C9H13NO4. The third-order valence-corrected chi connectivity index (χ3v) is 1.88. The summed E-state index contributed by atoms with van der Waals surface area (Å²) in [5.41, 5.74) is 0.892. The Morgan fingerprint density at radius 1 is 1.21 bits per heavy atom. The summed E-state index contributed by atoms with van der Waals surface area (Å²) in [6.07, 6.45) is -1.03. The lowest BCUT2D eigenvalue weighted by molar-refractivity contribution is -0.0173. The second kappa shape index (κ2) is 5.02. The van der Waals surface area contributed by atoms with Gasteiger partial charge in [-0.1, -0.05) is 6.07 Å². The molecule has 0 amide bonds. The fraction of sp³-hybridized carbons (Fsp3) is 0.444. The Balaban J connectivity index is 2.75. The van der Waals surface area contributed by atoms with Crippen molar-refractivity contribution in [3.05, 3.63) is 29.6 Å². The lowest BCUT2D eigenvalue weighted by atomic mass is 10.1. The van der Waals surface area contributed by atoms with Gasteiger partial charge in [-0.3, -0.25) is 4.98 Å². The van der Waals surface area contributed by atoms with E-state index in [1.165, 1.54) is 12.3 Å². The highest BCUT2D eigenvalue weighted by Gasteiger charge is 2.18. The van der Waals surface area contributed by atoms with Gasteiger partial charge in [0.1, 0.15) is 12.2 Å². The number of pyridine rings is 1. The molecule has 1 rings (SSSR count). The number of hydrogen-bond donors (Lipinski definition) is 4. The molecule has 0 aliphatic heterocycles. The molecule has 0 bridgehead atoms. The van der Waals surface area contributed by atoms with E-state index in [9.17, 15) is 5.11 Å². The Hall–Kier alpha value is -1.01. The number of rotatable bonds is 4. The van der Waals surface area contributed by atoms with Gasteiger partial charge in [-0.15, -0.1) is 0 Å². The predicted octanol–water partition coefficient (Wildman–Crippen LogP) is -1.04. The molecule has 2 unspecified atom stereocenters. The molecule has 2 atom stereocenters. The van der Waals surface area contributed by atoms with Crippen LogP contribution in [0.4, 0.5) is 0 Å². The minimum Gasteiger partial charge on any atom is -0.394 e. The van der Waals surface area contributed by atoms with E-state index in [2.05, 4.69) is 4.98 Å². The minimum atomic E-state index is -1.23. The lowest BCUT2D eigenvalue weighted by Crippen LogP contribution is -2.22. The highest BCUT2D eigenvalue weighted by atomic mass is 16.4. The zero-order chi connectivity index (χ0) is 10.6. The van der Waals surface area contributed by atoms with Gasteiger partial charge in [-0.05, 0) is 11.6 Å². The van der Waals surface area contributed by atoms with Crippen LogP contribution in [0, 0.1) is 0 Å². The predicted molar refractivity (Wildman–Crippen MR) is 48.2 cm³/mol. The SMILES string of the molecule is OCc1ccc(C(O)C(O)CO)nc1. The average molecular weight is 199 g/mol. The first-order valence-corrected chi connectivity index (χ1v) is 4.21. The first-order valence-electron chi connectivity index (χ1n) is 4.21. The second-order valence-corrected chi connectivity index (χ2v) is 2.94. The Bertz CT molecular complexity index is 275. The Kier molecular flexibility index (Phi) is 3.97. The molecule has 0 fully saturated rings. The van der Waals surface area contributed by atoms with E-state index in [0.29, 0.717) is 5.56 Å². The van der Waals surface area contributed by atoms with E-state index in [1.807, 2.05) is 0 Å². The van der Waals surface area contributed by atoms with E-state index in [4.69, 9.17) is 15.3 Å². The van der Waals surface area contributed by atoms with Gasteiger partial charge in [0.25, 0.3) is 0 Å². The molecule has 5 nitrogen and oxygen atoms in total. The molecule has 1 heterocycles. The van der Waals surface area contributed by atoms with Gasteiger partial charge in [-0.25, -0.2) is 0 Å². The summed E-state index contributed by atoms with van der Waals surface area (Å²) >= 11 is 0. The number of aliphatic hydroxyl groups is 4. The number of aromatic nitrogens is 1. The molecule has 0 aliphatic rings. The first-order chi connectivity index (χ1) is 6.69. The van der Waals surface area contributed by atoms with Gasteiger partial charge in [0.2, 0.25) is 0 Å². The fourth-order valence-corrected chi connectivity index (χ4v) is 1.00. The molecule has 0 aromatic carbocycles. The van der Waals surface area contributed by atoms with Crippen molar-refractivity contribution in [1.82, 2.24) is 4.98 Å². The van der Waals surface area contributed by atoms with Crippen molar-refractivity contribution in [2.75, 3.05) is 6.61 Å². The Morgan fingerprint density at radius 3 is 2.36 bits per heavy atom. The third-order valence-electron chi connectivity index (χ3n) is 1.88. The summed E-state index contributed by atoms with van der Waals surface area (Å²) in [6.45, 7) is -0.642.